The summed E-state index contributed by atoms with van der Waals surface area (Å²) in [6.45, 7) is -0.234. The van der Waals surface area contributed by atoms with Crippen molar-refractivity contribution < 1.29 is 24.2 Å². The standard InChI is InChI=1S/C15H16Cl2N2O5/c1-24-13(21)15(8-18(9-15)14(22)23)19(12(20)6-16)7-10-2-4-11(17)5-3-10/h2-5H,6-9H2,1H3,(H,22,23). The molecule has 9 heteroatoms. The number of hydrogen-bond donors (Lipinski definition) is 1. The maximum Gasteiger partial charge on any atom is 0.407 e. The lowest BCUT2D eigenvalue weighted by Crippen LogP contribution is -2.75. The first kappa shape index (κ1) is 18.4. The highest BCUT2D eigenvalue weighted by Crippen LogP contribution is 2.31. The summed E-state index contributed by atoms with van der Waals surface area (Å²) in [4.78, 5) is 38.0. The molecule has 2 rings (SSSR count). The van der Waals surface area contributed by atoms with Gasteiger partial charge in [0.2, 0.25) is 5.91 Å². The molecule has 1 saturated heterocycles. The number of amides is 2. The molecule has 1 fully saturated rings. The Balaban J connectivity index is 2.33. The molecule has 130 valence electrons. The summed E-state index contributed by atoms with van der Waals surface area (Å²) in [5.41, 5.74) is -0.645. The molecule has 0 bridgehead atoms. The Morgan fingerprint density at radius 2 is 1.88 bits per heavy atom. The molecule has 1 aromatic carbocycles. The number of carbonyl (C=O) groups excluding carboxylic acids is 2. The molecular weight excluding hydrogens is 359 g/mol. The van der Waals surface area contributed by atoms with E-state index in [9.17, 15) is 14.4 Å². The van der Waals surface area contributed by atoms with Crippen LogP contribution >= 0.6 is 23.2 Å². The van der Waals surface area contributed by atoms with Crippen LogP contribution in [0.15, 0.2) is 24.3 Å². The van der Waals surface area contributed by atoms with E-state index < -0.39 is 23.5 Å². The first-order valence-corrected chi connectivity index (χ1v) is 7.92. The van der Waals surface area contributed by atoms with E-state index in [1.807, 2.05) is 0 Å². The minimum Gasteiger partial charge on any atom is -0.467 e. The van der Waals surface area contributed by atoms with Gasteiger partial charge in [0.25, 0.3) is 0 Å². The molecule has 1 heterocycles. The van der Waals surface area contributed by atoms with Crippen LogP contribution < -0.4 is 0 Å². The van der Waals surface area contributed by atoms with Crippen LogP contribution in [0.2, 0.25) is 5.02 Å². The Morgan fingerprint density at radius 3 is 2.33 bits per heavy atom. The van der Waals surface area contributed by atoms with E-state index in [4.69, 9.17) is 33.0 Å². The van der Waals surface area contributed by atoms with Crippen molar-refractivity contribution in [2.45, 2.75) is 12.1 Å². The van der Waals surface area contributed by atoms with Gasteiger partial charge in [0.1, 0.15) is 5.88 Å². The number of likely N-dealkylation sites (tertiary alicyclic amines) is 1. The smallest absolute Gasteiger partial charge is 0.407 e. The monoisotopic (exact) mass is 374 g/mol. The zero-order chi connectivity index (χ0) is 17.9. The van der Waals surface area contributed by atoms with Gasteiger partial charge in [-0.2, -0.15) is 0 Å². The second-order valence-corrected chi connectivity index (χ2v) is 6.11. The van der Waals surface area contributed by atoms with E-state index >= 15 is 0 Å². The molecule has 1 aliphatic heterocycles. The molecule has 0 unspecified atom stereocenters. The van der Waals surface area contributed by atoms with Gasteiger partial charge in [0, 0.05) is 11.6 Å². The highest BCUT2D eigenvalue weighted by Gasteiger charge is 2.57. The van der Waals surface area contributed by atoms with Crippen molar-refractivity contribution >= 4 is 41.2 Å². The maximum absolute atomic E-state index is 12.3. The predicted octanol–water partition coefficient (Wildman–Crippen LogP) is 1.81. The zero-order valence-electron chi connectivity index (χ0n) is 12.9. The van der Waals surface area contributed by atoms with Crippen LogP contribution in [-0.2, 0) is 20.9 Å². The Morgan fingerprint density at radius 1 is 1.29 bits per heavy atom. The highest BCUT2D eigenvalue weighted by molar-refractivity contribution is 6.30. The third-order valence-corrected chi connectivity index (χ3v) is 4.41. The molecule has 24 heavy (non-hydrogen) atoms. The average molecular weight is 375 g/mol. The fourth-order valence-electron chi connectivity index (χ4n) is 2.64. The summed E-state index contributed by atoms with van der Waals surface area (Å²) in [6, 6.07) is 6.76. The fourth-order valence-corrected chi connectivity index (χ4v) is 2.91. The molecule has 0 radical (unpaired) electrons. The van der Waals surface area contributed by atoms with Gasteiger partial charge in [-0.1, -0.05) is 23.7 Å². The van der Waals surface area contributed by atoms with Gasteiger partial charge in [-0.25, -0.2) is 9.59 Å². The number of halogens is 2. The number of hydrogen-bond acceptors (Lipinski definition) is 4. The molecule has 1 N–H and O–H groups in total. The SMILES string of the molecule is COC(=O)C1(N(Cc2ccc(Cl)cc2)C(=O)CCl)CN(C(=O)O)C1. The molecule has 0 atom stereocenters. The van der Waals surface area contributed by atoms with Crippen molar-refractivity contribution in [1.29, 1.82) is 0 Å². The van der Waals surface area contributed by atoms with Crippen LogP contribution in [0.4, 0.5) is 4.79 Å². The van der Waals surface area contributed by atoms with E-state index in [1.54, 1.807) is 24.3 Å². The van der Waals surface area contributed by atoms with E-state index in [1.165, 1.54) is 12.0 Å². The van der Waals surface area contributed by atoms with Crippen LogP contribution in [0.25, 0.3) is 0 Å². The minimum atomic E-state index is -1.38. The van der Waals surface area contributed by atoms with E-state index in [0.717, 1.165) is 10.5 Å². The summed E-state index contributed by atoms with van der Waals surface area (Å²) < 4.78 is 4.80. The van der Waals surface area contributed by atoms with Crippen molar-refractivity contribution in [2.75, 3.05) is 26.1 Å². The first-order valence-electron chi connectivity index (χ1n) is 7.01. The van der Waals surface area contributed by atoms with Gasteiger partial charge in [-0.15, -0.1) is 11.6 Å². The highest BCUT2D eigenvalue weighted by atomic mass is 35.5. The number of carboxylic acid groups (broad SMARTS) is 1. The van der Waals surface area contributed by atoms with Crippen LogP contribution in [0, 0.1) is 0 Å². The van der Waals surface area contributed by atoms with Gasteiger partial charge >= 0.3 is 12.1 Å². The third kappa shape index (κ3) is 3.42. The number of carbonyl (C=O) groups is 3. The van der Waals surface area contributed by atoms with E-state index in [0.29, 0.717) is 5.02 Å². The predicted molar refractivity (Wildman–Crippen MR) is 87.1 cm³/mol. The van der Waals surface area contributed by atoms with E-state index in [2.05, 4.69) is 0 Å². The van der Waals surface area contributed by atoms with Gasteiger partial charge in [-0.05, 0) is 17.7 Å². The summed E-state index contributed by atoms with van der Waals surface area (Å²) in [5, 5.41) is 9.59. The van der Waals surface area contributed by atoms with Crippen molar-refractivity contribution in [3.8, 4) is 0 Å². The Labute approximate surface area is 148 Å². The molecule has 7 nitrogen and oxygen atoms in total. The second-order valence-electron chi connectivity index (χ2n) is 5.40. The number of nitrogens with zero attached hydrogens (tertiary/aromatic N) is 2. The molecular formula is C15H16Cl2N2O5. The van der Waals surface area contributed by atoms with Crippen LogP contribution in [0.1, 0.15) is 5.56 Å². The summed E-state index contributed by atoms with van der Waals surface area (Å²) >= 11 is 11.5. The number of methoxy groups -OCH3 is 1. The zero-order valence-corrected chi connectivity index (χ0v) is 14.4. The maximum atomic E-state index is 12.3. The second kappa shape index (κ2) is 7.27. The lowest BCUT2D eigenvalue weighted by molar-refractivity contribution is -0.173. The molecule has 0 aromatic heterocycles. The van der Waals surface area contributed by atoms with Crippen molar-refractivity contribution in [1.82, 2.24) is 9.80 Å². The Kier molecular flexibility index (Phi) is 5.56. The van der Waals surface area contributed by atoms with Crippen molar-refractivity contribution in [2.24, 2.45) is 0 Å². The topological polar surface area (TPSA) is 87.2 Å². The number of rotatable bonds is 5. The normalized spacial score (nSPS) is 15.4. The number of alkyl halides is 1. The average Bonchev–Trinajstić information content (AvgIpc) is 2.53. The van der Waals surface area contributed by atoms with Gasteiger partial charge in [0.05, 0.1) is 20.2 Å². The number of esters is 1. The quantitative estimate of drug-likeness (QED) is 0.627. The molecule has 1 aliphatic rings. The molecule has 1 aromatic rings. The number of ether oxygens (including phenoxy) is 1. The van der Waals surface area contributed by atoms with Crippen molar-refractivity contribution in [3.63, 3.8) is 0 Å². The van der Waals surface area contributed by atoms with Crippen LogP contribution in [-0.4, -0.2) is 64.5 Å². The van der Waals surface area contributed by atoms with Crippen LogP contribution in [0.5, 0.6) is 0 Å². The summed E-state index contributed by atoms with van der Waals surface area (Å²) in [7, 11) is 1.19. The van der Waals surface area contributed by atoms with Gasteiger partial charge in [-0.3, -0.25) is 4.79 Å². The lowest BCUT2D eigenvalue weighted by Gasteiger charge is -2.52. The largest absolute Gasteiger partial charge is 0.467 e. The molecule has 2 amide bonds. The van der Waals surface area contributed by atoms with E-state index in [-0.39, 0.29) is 25.5 Å². The fraction of sp³-hybridized carbons (Fsp3) is 0.400. The van der Waals surface area contributed by atoms with Crippen molar-refractivity contribution in [3.05, 3.63) is 34.9 Å². The number of benzene rings is 1. The summed E-state index contributed by atoms with van der Waals surface area (Å²) in [5.74, 6) is -1.49. The summed E-state index contributed by atoms with van der Waals surface area (Å²) in [6.07, 6.45) is -1.17. The molecule has 0 spiro atoms. The lowest BCUT2D eigenvalue weighted by atomic mass is 9.87. The Bertz CT molecular complexity index is 644. The van der Waals surface area contributed by atoms with Crippen LogP contribution in [0.3, 0.4) is 0 Å². The minimum absolute atomic E-state index is 0.0886. The van der Waals surface area contributed by atoms with Gasteiger partial charge < -0.3 is 19.6 Å². The Hall–Kier alpha value is -1.99. The van der Waals surface area contributed by atoms with Gasteiger partial charge in [0.15, 0.2) is 5.54 Å². The molecule has 0 saturated carbocycles. The molecule has 0 aliphatic carbocycles. The first-order chi connectivity index (χ1) is 11.3. The third-order valence-electron chi connectivity index (χ3n) is 3.93.